The number of benzene rings is 1. The molecule has 3 rings (SSSR count). The molecule has 0 saturated carbocycles. The molecule has 7 nitrogen and oxygen atoms in total. The Labute approximate surface area is 153 Å². The molecule has 2 heterocycles. The van der Waals surface area contributed by atoms with Crippen molar-refractivity contribution in [3.63, 3.8) is 0 Å². The average molecular weight is 378 g/mol. The van der Waals surface area contributed by atoms with E-state index in [2.05, 4.69) is 15.5 Å². The highest BCUT2D eigenvalue weighted by Gasteiger charge is 2.14. The van der Waals surface area contributed by atoms with Crippen molar-refractivity contribution in [3.05, 3.63) is 59.0 Å². The summed E-state index contributed by atoms with van der Waals surface area (Å²) in [6.07, 6.45) is 1.56. The molecule has 3 aromatic rings. The molecule has 1 aromatic carbocycles. The first-order chi connectivity index (χ1) is 12.1. The maximum absolute atomic E-state index is 12.1. The summed E-state index contributed by atoms with van der Waals surface area (Å²) in [6, 6.07) is 11.1. The van der Waals surface area contributed by atoms with E-state index < -0.39 is 0 Å². The minimum Gasteiger partial charge on any atom is -0.467 e. The van der Waals surface area contributed by atoms with E-state index in [0.717, 1.165) is 5.56 Å². The molecule has 0 saturated heterocycles. The summed E-state index contributed by atoms with van der Waals surface area (Å²) in [5.74, 6) is 1.27. The van der Waals surface area contributed by atoms with Crippen LogP contribution in [0.1, 0.15) is 11.3 Å². The summed E-state index contributed by atoms with van der Waals surface area (Å²) in [7, 11) is 0. The number of furan rings is 1. The van der Waals surface area contributed by atoms with Gasteiger partial charge >= 0.3 is 0 Å². The maximum Gasteiger partial charge on any atom is 0.240 e. The van der Waals surface area contributed by atoms with Crippen molar-refractivity contribution < 1.29 is 9.21 Å². The first kappa shape index (κ1) is 17.4. The van der Waals surface area contributed by atoms with Gasteiger partial charge in [-0.05, 0) is 23.8 Å². The zero-order chi connectivity index (χ0) is 17.6. The molecule has 0 fully saturated rings. The van der Waals surface area contributed by atoms with Crippen LogP contribution >= 0.6 is 23.4 Å². The van der Waals surface area contributed by atoms with Crippen LogP contribution in [0.5, 0.6) is 0 Å². The van der Waals surface area contributed by atoms with E-state index in [1.165, 1.54) is 11.8 Å². The second-order valence-corrected chi connectivity index (χ2v) is 6.51. The number of amides is 1. The fourth-order valence-electron chi connectivity index (χ4n) is 2.11. The Morgan fingerprint density at radius 2 is 2.12 bits per heavy atom. The molecule has 2 aromatic heterocycles. The zero-order valence-electron chi connectivity index (χ0n) is 13.2. The number of anilines is 1. The molecule has 0 aliphatic carbocycles. The van der Waals surface area contributed by atoms with Crippen molar-refractivity contribution in [2.24, 2.45) is 0 Å². The number of carbonyl (C=O) groups excluding carboxylic acids is 1. The lowest BCUT2D eigenvalue weighted by Gasteiger charge is -2.09. The largest absolute Gasteiger partial charge is 0.467 e. The zero-order valence-corrected chi connectivity index (χ0v) is 14.8. The third kappa shape index (κ3) is 4.55. The number of thioether (sulfide) groups is 1. The van der Waals surface area contributed by atoms with Crippen molar-refractivity contribution in [2.75, 3.05) is 5.73 Å². The Kier molecular flexibility index (Phi) is 5.62. The van der Waals surface area contributed by atoms with Crippen LogP contribution in [0.2, 0.25) is 5.02 Å². The van der Waals surface area contributed by atoms with Gasteiger partial charge in [-0.15, -0.1) is 10.2 Å². The van der Waals surface area contributed by atoms with Gasteiger partial charge in [-0.2, -0.15) is 0 Å². The molecule has 9 heteroatoms. The van der Waals surface area contributed by atoms with Gasteiger partial charge in [-0.3, -0.25) is 9.36 Å². The van der Waals surface area contributed by atoms with Crippen LogP contribution < -0.4 is 11.1 Å². The highest BCUT2D eigenvalue weighted by Crippen LogP contribution is 2.26. The smallest absolute Gasteiger partial charge is 0.240 e. The van der Waals surface area contributed by atoms with E-state index in [1.54, 1.807) is 23.0 Å². The Bertz CT molecular complexity index is 850. The standard InChI is InChI=1S/C16H16ClN5O2S/c17-13-6-2-1-4-11(13)10-25-16-21-20-15(18)22(16)9-14(23)19-8-12-5-3-7-24-12/h1-7H,8-10H2,(H2,18,20)(H,19,23). The minimum atomic E-state index is -0.206. The Morgan fingerprint density at radius 1 is 1.28 bits per heavy atom. The van der Waals surface area contributed by atoms with Crippen molar-refractivity contribution >= 4 is 35.2 Å². The topological polar surface area (TPSA) is 99.0 Å². The van der Waals surface area contributed by atoms with Gasteiger partial charge in [-0.25, -0.2) is 0 Å². The predicted octanol–water partition coefficient (Wildman–Crippen LogP) is 2.72. The van der Waals surface area contributed by atoms with E-state index >= 15 is 0 Å². The number of nitrogens with one attached hydrogen (secondary N) is 1. The van der Waals surface area contributed by atoms with E-state index in [9.17, 15) is 4.79 Å². The molecule has 0 atom stereocenters. The number of nitrogens with zero attached hydrogens (tertiary/aromatic N) is 3. The van der Waals surface area contributed by atoms with E-state index in [-0.39, 0.29) is 18.4 Å². The first-order valence-corrected chi connectivity index (χ1v) is 8.84. The van der Waals surface area contributed by atoms with Gasteiger partial charge in [0.25, 0.3) is 0 Å². The molecule has 0 unspecified atom stereocenters. The molecular weight excluding hydrogens is 362 g/mol. The normalized spacial score (nSPS) is 10.8. The van der Waals surface area contributed by atoms with Crippen LogP contribution in [0.3, 0.4) is 0 Å². The summed E-state index contributed by atoms with van der Waals surface area (Å²) in [4.78, 5) is 12.1. The molecule has 0 spiro atoms. The summed E-state index contributed by atoms with van der Waals surface area (Å²) in [6.45, 7) is 0.348. The van der Waals surface area contributed by atoms with Gasteiger partial charge in [0.05, 0.1) is 12.8 Å². The van der Waals surface area contributed by atoms with E-state index in [4.69, 9.17) is 21.8 Å². The number of nitrogens with two attached hydrogens (primary N) is 1. The summed E-state index contributed by atoms with van der Waals surface area (Å²) in [5, 5.41) is 11.9. The van der Waals surface area contributed by atoms with Gasteiger partial charge < -0.3 is 15.5 Å². The van der Waals surface area contributed by atoms with Crippen molar-refractivity contribution in [1.29, 1.82) is 0 Å². The second-order valence-electron chi connectivity index (χ2n) is 5.16. The Hall–Kier alpha value is -2.45. The molecular formula is C16H16ClN5O2S. The number of carbonyl (C=O) groups is 1. The monoisotopic (exact) mass is 377 g/mol. The number of hydrogen-bond acceptors (Lipinski definition) is 6. The first-order valence-electron chi connectivity index (χ1n) is 7.47. The summed E-state index contributed by atoms with van der Waals surface area (Å²) >= 11 is 7.58. The molecule has 0 bridgehead atoms. The molecule has 130 valence electrons. The minimum absolute atomic E-state index is 0.0321. The molecule has 1 amide bonds. The van der Waals surface area contributed by atoms with Gasteiger partial charge in [0, 0.05) is 10.8 Å². The van der Waals surface area contributed by atoms with Gasteiger partial charge in [0.2, 0.25) is 11.9 Å². The highest BCUT2D eigenvalue weighted by molar-refractivity contribution is 7.98. The fraction of sp³-hybridized carbons (Fsp3) is 0.188. The summed E-state index contributed by atoms with van der Waals surface area (Å²) in [5.41, 5.74) is 6.81. The third-order valence-corrected chi connectivity index (χ3v) is 4.79. The van der Waals surface area contributed by atoms with Gasteiger partial charge in [-0.1, -0.05) is 41.6 Å². The van der Waals surface area contributed by atoms with Crippen molar-refractivity contribution in [2.45, 2.75) is 24.0 Å². The Morgan fingerprint density at radius 3 is 2.88 bits per heavy atom. The molecule has 3 N–H and O–H groups in total. The Balaban J connectivity index is 1.61. The lowest BCUT2D eigenvalue weighted by molar-refractivity contribution is -0.122. The third-order valence-electron chi connectivity index (χ3n) is 3.40. The number of rotatable bonds is 7. The number of aromatic nitrogens is 3. The molecule has 25 heavy (non-hydrogen) atoms. The van der Waals surface area contributed by atoms with E-state index in [0.29, 0.717) is 28.2 Å². The molecule has 0 radical (unpaired) electrons. The fourth-order valence-corrected chi connectivity index (χ4v) is 3.34. The predicted molar refractivity (Wildman–Crippen MR) is 96.0 cm³/mol. The SMILES string of the molecule is Nc1nnc(SCc2ccccc2Cl)n1CC(=O)NCc1ccco1. The second kappa shape index (κ2) is 8.09. The van der Waals surface area contributed by atoms with Crippen LogP contribution in [0.4, 0.5) is 5.95 Å². The van der Waals surface area contributed by atoms with Crippen LogP contribution in [0, 0.1) is 0 Å². The van der Waals surface area contributed by atoms with Gasteiger partial charge in [0.15, 0.2) is 5.16 Å². The lowest BCUT2D eigenvalue weighted by Crippen LogP contribution is -2.27. The number of halogens is 1. The van der Waals surface area contributed by atoms with E-state index in [1.807, 2.05) is 24.3 Å². The maximum atomic E-state index is 12.1. The average Bonchev–Trinajstić information content (AvgIpc) is 3.24. The van der Waals surface area contributed by atoms with Crippen LogP contribution in [-0.2, 0) is 23.6 Å². The number of hydrogen-bond donors (Lipinski definition) is 2. The van der Waals surface area contributed by atoms with Crippen molar-refractivity contribution in [3.8, 4) is 0 Å². The van der Waals surface area contributed by atoms with Crippen molar-refractivity contribution in [1.82, 2.24) is 20.1 Å². The quantitative estimate of drug-likeness (QED) is 0.614. The van der Waals surface area contributed by atoms with Crippen LogP contribution in [0.25, 0.3) is 0 Å². The molecule has 0 aliphatic heterocycles. The molecule has 0 aliphatic rings. The lowest BCUT2D eigenvalue weighted by atomic mass is 10.2. The van der Waals surface area contributed by atoms with Gasteiger partial charge in [0.1, 0.15) is 12.3 Å². The van der Waals surface area contributed by atoms with Crippen LogP contribution in [-0.4, -0.2) is 20.7 Å². The highest BCUT2D eigenvalue weighted by atomic mass is 35.5. The van der Waals surface area contributed by atoms with Crippen LogP contribution in [0.15, 0.2) is 52.2 Å². The summed E-state index contributed by atoms with van der Waals surface area (Å²) < 4.78 is 6.75. The number of nitrogen functional groups attached to an aromatic ring is 1.